The SMILES string of the molecule is COC(C)(C)C(N)CN1CCC(N2CCCC2)C1. The molecule has 2 saturated heterocycles. The summed E-state index contributed by atoms with van der Waals surface area (Å²) in [4.78, 5) is 5.17. The average molecular weight is 255 g/mol. The van der Waals surface area contributed by atoms with E-state index < -0.39 is 0 Å². The molecule has 0 radical (unpaired) electrons. The highest BCUT2D eigenvalue weighted by Crippen LogP contribution is 2.21. The molecule has 2 atom stereocenters. The summed E-state index contributed by atoms with van der Waals surface area (Å²) < 4.78 is 5.47. The van der Waals surface area contributed by atoms with Crippen molar-refractivity contribution in [2.45, 2.75) is 50.8 Å². The van der Waals surface area contributed by atoms with Crippen LogP contribution in [0.2, 0.25) is 0 Å². The Kier molecular flexibility index (Phi) is 4.64. The number of rotatable bonds is 5. The first-order chi connectivity index (χ1) is 8.53. The molecule has 0 amide bonds. The zero-order valence-corrected chi connectivity index (χ0v) is 12.2. The van der Waals surface area contributed by atoms with E-state index >= 15 is 0 Å². The van der Waals surface area contributed by atoms with E-state index in [1.54, 1.807) is 7.11 Å². The predicted molar refractivity (Wildman–Crippen MR) is 74.7 cm³/mol. The number of likely N-dealkylation sites (tertiary alicyclic amines) is 2. The third-order valence-electron chi connectivity index (χ3n) is 4.78. The van der Waals surface area contributed by atoms with Gasteiger partial charge < -0.3 is 15.4 Å². The van der Waals surface area contributed by atoms with Crippen LogP contribution in [0.15, 0.2) is 0 Å². The maximum atomic E-state index is 6.26. The predicted octanol–water partition coefficient (Wildman–Crippen LogP) is 0.909. The molecule has 2 aliphatic rings. The van der Waals surface area contributed by atoms with Crippen molar-refractivity contribution in [1.29, 1.82) is 0 Å². The number of hydrogen-bond acceptors (Lipinski definition) is 4. The van der Waals surface area contributed by atoms with E-state index in [4.69, 9.17) is 10.5 Å². The van der Waals surface area contributed by atoms with Crippen molar-refractivity contribution < 1.29 is 4.74 Å². The van der Waals surface area contributed by atoms with Crippen LogP contribution in [0.3, 0.4) is 0 Å². The Morgan fingerprint density at radius 3 is 2.56 bits per heavy atom. The van der Waals surface area contributed by atoms with Crippen LogP contribution in [-0.2, 0) is 4.74 Å². The molecule has 2 aliphatic heterocycles. The molecule has 0 aromatic carbocycles. The van der Waals surface area contributed by atoms with Gasteiger partial charge in [0.1, 0.15) is 0 Å². The second-order valence-corrected chi connectivity index (χ2v) is 6.36. The Morgan fingerprint density at radius 1 is 1.28 bits per heavy atom. The zero-order valence-electron chi connectivity index (χ0n) is 12.2. The standard InChI is InChI=1S/C14H29N3O/c1-14(2,18-3)13(15)11-16-9-6-12(10-16)17-7-4-5-8-17/h12-13H,4-11,15H2,1-3H3. The maximum Gasteiger partial charge on any atom is 0.0785 e. The molecule has 0 aliphatic carbocycles. The van der Waals surface area contributed by atoms with Crippen LogP contribution in [0.5, 0.6) is 0 Å². The summed E-state index contributed by atoms with van der Waals surface area (Å²) in [6.07, 6.45) is 4.07. The molecule has 2 N–H and O–H groups in total. The van der Waals surface area contributed by atoms with Gasteiger partial charge in [0.15, 0.2) is 0 Å². The first-order valence-corrected chi connectivity index (χ1v) is 7.30. The van der Waals surface area contributed by atoms with Crippen molar-refractivity contribution in [1.82, 2.24) is 9.80 Å². The second kappa shape index (κ2) is 5.87. The van der Waals surface area contributed by atoms with E-state index in [0.717, 1.165) is 12.6 Å². The lowest BCUT2D eigenvalue weighted by Crippen LogP contribution is -2.51. The molecule has 4 heteroatoms. The van der Waals surface area contributed by atoms with Gasteiger partial charge in [0, 0.05) is 32.3 Å². The summed E-state index contributed by atoms with van der Waals surface area (Å²) in [5, 5.41) is 0. The third-order valence-corrected chi connectivity index (χ3v) is 4.78. The van der Waals surface area contributed by atoms with Crippen molar-refractivity contribution in [3.8, 4) is 0 Å². The summed E-state index contributed by atoms with van der Waals surface area (Å²) in [6, 6.07) is 0.852. The summed E-state index contributed by atoms with van der Waals surface area (Å²) in [7, 11) is 1.75. The molecule has 2 unspecified atom stereocenters. The molecule has 2 heterocycles. The van der Waals surface area contributed by atoms with E-state index in [1.807, 2.05) is 0 Å². The topological polar surface area (TPSA) is 41.7 Å². The fourth-order valence-corrected chi connectivity index (χ4v) is 3.03. The van der Waals surface area contributed by atoms with E-state index in [9.17, 15) is 0 Å². The van der Waals surface area contributed by atoms with Gasteiger partial charge in [-0.05, 0) is 52.7 Å². The van der Waals surface area contributed by atoms with E-state index in [2.05, 4.69) is 23.6 Å². The van der Waals surface area contributed by atoms with E-state index in [-0.39, 0.29) is 11.6 Å². The minimum absolute atomic E-state index is 0.0832. The molecule has 106 valence electrons. The van der Waals surface area contributed by atoms with Crippen LogP contribution < -0.4 is 5.73 Å². The Bertz CT molecular complexity index is 264. The molecule has 4 nitrogen and oxygen atoms in total. The number of nitrogens with zero attached hydrogens (tertiary/aromatic N) is 2. The second-order valence-electron chi connectivity index (χ2n) is 6.36. The summed E-state index contributed by atoms with van der Waals surface area (Å²) >= 11 is 0. The Hall–Kier alpha value is -0.160. The van der Waals surface area contributed by atoms with Gasteiger partial charge in [-0.15, -0.1) is 0 Å². The lowest BCUT2D eigenvalue weighted by molar-refractivity contribution is -0.00725. The minimum Gasteiger partial charge on any atom is -0.377 e. The van der Waals surface area contributed by atoms with Crippen molar-refractivity contribution in [3.05, 3.63) is 0 Å². The maximum absolute atomic E-state index is 6.26. The number of methoxy groups -OCH3 is 1. The lowest BCUT2D eigenvalue weighted by Gasteiger charge is -2.33. The van der Waals surface area contributed by atoms with Gasteiger partial charge in [-0.25, -0.2) is 0 Å². The van der Waals surface area contributed by atoms with Gasteiger partial charge in [0.25, 0.3) is 0 Å². The quantitative estimate of drug-likeness (QED) is 0.793. The molecule has 0 aromatic heterocycles. The minimum atomic E-state index is -0.230. The van der Waals surface area contributed by atoms with E-state index in [0.29, 0.717) is 0 Å². The fourth-order valence-electron chi connectivity index (χ4n) is 3.03. The molecule has 0 saturated carbocycles. The van der Waals surface area contributed by atoms with Gasteiger partial charge in [-0.3, -0.25) is 4.90 Å². The molecule has 18 heavy (non-hydrogen) atoms. The van der Waals surface area contributed by atoms with Crippen LogP contribution in [0, 0.1) is 0 Å². The summed E-state index contributed by atoms with van der Waals surface area (Å²) in [6.45, 7) is 10.1. The van der Waals surface area contributed by atoms with Crippen LogP contribution in [0.1, 0.15) is 33.1 Å². The molecule has 2 fully saturated rings. The van der Waals surface area contributed by atoms with Gasteiger partial charge in [-0.1, -0.05) is 0 Å². The summed E-state index contributed by atoms with van der Waals surface area (Å²) in [5.74, 6) is 0. The largest absolute Gasteiger partial charge is 0.377 e. The highest BCUT2D eigenvalue weighted by atomic mass is 16.5. The Morgan fingerprint density at radius 2 is 1.94 bits per heavy atom. The average Bonchev–Trinajstić information content (AvgIpc) is 2.98. The van der Waals surface area contributed by atoms with Crippen molar-refractivity contribution in [2.75, 3.05) is 39.8 Å². The smallest absolute Gasteiger partial charge is 0.0785 e. The van der Waals surface area contributed by atoms with Crippen molar-refractivity contribution in [3.63, 3.8) is 0 Å². The van der Waals surface area contributed by atoms with Crippen LogP contribution in [-0.4, -0.2) is 67.3 Å². The van der Waals surface area contributed by atoms with Gasteiger partial charge in [-0.2, -0.15) is 0 Å². The number of hydrogen-bond donors (Lipinski definition) is 1. The van der Waals surface area contributed by atoms with Crippen LogP contribution in [0.4, 0.5) is 0 Å². The first kappa shape index (κ1) is 14.3. The van der Waals surface area contributed by atoms with Crippen molar-refractivity contribution >= 4 is 0 Å². The lowest BCUT2D eigenvalue weighted by atomic mass is 9.99. The normalized spacial score (nSPS) is 29.0. The highest BCUT2D eigenvalue weighted by Gasteiger charge is 2.33. The Balaban J connectivity index is 1.78. The number of ether oxygens (including phenoxy) is 1. The van der Waals surface area contributed by atoms with Crippen LogP contribution >= 0.6 is 0 Å². The number of nitrogens with two attached hydrogens (primary N) is 1. The van der Waals surface area contributed by atoms with Crippen molar-refractivity contribution in [2.24, 2.45) is 5.73 Å². The molecule has 0 bridgehead atoms. The highest BCUT2D eigenvalue weighted by molar-refractivity contribution is 4.90. The first-order valence-electron chi connectivity index (χ1n) is 7.30. The van der Waals surface area contributed by atoms with Crippen LogP contribution in [0.25, 0.3) is 0 Å². The fraction of sp³-hybridized carbons (Fsp3) is 1.00. The zero-order chi connectivity index (χ0) is 13.2. The molecule has 2 rings (SSSR count). The molecular formula is C14H29N3O. The third kappa shape index (κ3) is 3.23. The van der Waals surface area contributed by atoms with E-state index in [1.165, 1.54) is 45.4 Å². The van der Waals surface area contributed by atoms with Gasteiger partial charge in [0.05, 0.1) is 5.60 Å². The monoisotopic (exact) mass is 255 g/mol. The molecule has 0 aromatic rings. The molecule has 0 spiro atoms. The van der Waals surface area contributed by atoms with Gasteiger partial charge in [0.2, 0.25) is 0 Å². The molecular weight excluding hydrogens is 226 g/mol. The van der Waals surface area contributed by atoms with Gasteiger partial charge >= 0.3 is 0 Å². The summed E-state index contributed by atoms with van der Waals surface area (Å²) in [5.41, 5.74) is 6.03. The Labute approximate surface area is 111 Å².